The van der Waals surface area contributed by atoms with Crippen LogP contribution in [0.5, 0.6) is 0 Å². The second-order valence-electron chi connectivity index (χ2n) is 7.04. The summed E-state index contributed by atoms with van der Waals surface area (Å²) in [5.41, 5.74) is 4.02. The molecule has 1 aromatic heterocycles. The topological polar surface area (TPSA) is 67.2 Å². The van der Waals surface area contributed by atoms with Crippen LogP contribution in [0, 0.1) is 19.8 Å². The van der Waals surface area contributed by atoms with Crippen LogP contribution < -0.4 is 5.32 Å². The van der Waals surface area contributed by atoms with Crippen LogP contribution in [0.1, 0.15) is 36.4 Å². The van der Waals surface area contributed by atoms with E-state index in [0.717, 1.165) is 29.1 Å². The number of aromatic nitrogens is 2. The molecule has 0 aliphatic rings. The Hall–Kier alpha value is -2.14. The van der Waals surface area contributed by atoms with Gasteiger partial charge in [0.05, 0.1) is 24.8 Å². The van der Waals surface area contributed by atoms with Crippen molar-refractivity contribution in [3.05, 3.63) is 52.8 Å². The van der Waals surface area contributed by atoms with Gasteiger partial charge in [-0.05, 0) is 31.7 Å². The number of aliphatic hydroxyl groups is 1. The van der Waals surface area contributed by atoms with Gasteiger partial charge in [0.1, 0.15) is 0 Å². The van der Waals surface area contributed by atoms with Gasteiger partial charge in [-0.15, -0.1) is 0 Å². The van der Waals surface area contributed by atoms with Crippen LogP contribution in [0.25, 0.3) is 0 Å². The molecule has 25 heavy (non-hydrogen) atoms. The fraction of sp³-hybridized carbons (Fsp3) is 0.500. The summed E-state index contributed by atoms with van der Waals surface area (Å²) in [7, 11) is 0. The maximum absolute atomic E-state index is 12.4. The highest BCUT2D eigenvalue weighted by atomic mass is 16.3. The summed E-state index contributed by atoms with van der Waals surface area (Å²) in [6.07, 6.45) is 0.911. The smallest absolute Gasteiger partial charge is 0.224 e. The van der Waals surface area contributed by atoms with E-state index in [0.29, 0.717) is 18.8 Å². The van der Waals surface area contributed by atoms with Crippen molar-refractivity contribution in [2.24, 2.45) is 5.92 Å². The molecule has 0 aliphatic carbocycles. The third kappa shape index (κ3) is 5.43. The fourth-order valence-electron chi connectivity index (χ4n) is 3.01. The Morgan fingerprint density at radius 1 is 1.24 bits per heavy atom. The van der Waals surface area contributed by atoms with Crippen molar-refractivity contribution in [3.63, 3.8) is 0 Å². The van der Waals surface area contributed by atoms with Gasteiger partial charge in [0.2, 0.25) is 5.91 Å². The van der Waals surface area contributed by atoms with Crippen molar-refractivity contribution in [2.45, 2.75) is 53.1 Å². The van der Waals surface area contributed by atoms with Gasteiger partial charge in [-0.3, -0.25) is 9.48 Å². The fourth-order valence-corrected chi connectivity index (χ4v) is 3.01. The maximum atomic E-state index is 12.4. The lowest BCUT2D eigenvalue weighted by molar-refractivity contribution is -0.121. The largest absolute Gasteiger partial charge is 0.394 e. The molecule has 1 heterocycles. The lowest BCUT2D eigenvalue weighted by Gasteiger charge is -2.16. The zero-order valence-corrected chi connectivity index (χ0v) is 15.6. The highest BCUT2D eigenvalue weighted by Gasteiger charge is 2.18. The third-order valence-electron chi connectivity index (χ3n) is 4.32. The van der Waals surface area contributed by atoms with Gasteiger partial charge in [-0.1, -0.05) is 44.2 Å². The monoisotopic (exact) mass is 343 g/mol. The van der Waals surface area contributed by atoms with Gasteiger partial charge in [-0.2, -0.15) is 5.10 Å². The second-order valence-corrected chi connectivity index (χ2v) is 7.04. The van der Waals surface area contributed by atoms with Crippen molar-refractivity contribution in [2.75, 3.05) is 6.61 Å². The molecule has 0 aliphatic heterocycles. The highest BCUT2D eigenvalue weighted by molar-refractivity contribution is 5.79. The van der Waals surface area contributed by atoms with Gasteiger partial charge in [-0.25, -0.2) is 0 Å². The lowest BCUT2D eigenvalue weighted by atomic mass is 10.1. The maximum Gasteiger partial charge on any atom is 0.224 e. The van der Waals surface area contributed by atoms with E-state index in [-0.39, 0.29) is 18.6 Å². The number of nitrogens with zero attached hydrogens (tertiary/aromatic N) is 2. The number of amides is 1. The number of rotatable bonds is 8. The molecule has 136 valence electrons. The van der Waals surface area contributed by atoms with Crippen LogP contribution in [-0.2, 0) is 24.2 Å². The summed E-state index contributed by atoms with van der Waals surface area (Å²) >= 11 is 0. The van der Waals surface area contributed by atoms with Crippen LogP contribution in [-0.4, -0.2) is 33.4 Å². The number of aliphatic hydroxyl groups excluding tert-OH is 1. The van der Waals surface area contributed by atoms with Crippen molar-refractivity contribution in [1.29, 1.82) is 0 Å². The number of aryl methyl sites for hydroxylation is 1. The molecule has 0 radical (unpaired) electrons. The van der Waals surface area contributed by atoms with E-state index in [2.05, 4.69) is 24.3 Å². The van der Waals surface area contributed by atoms with Crippen molar-refractivity contribution >= 4 is 5.91 Å². The summed E-state index contributed by atoms with van der Waals surface area (Å²) in [4.78, 5) is 12.4. The molecule has 0 spiro atoms. The molecule has 5 nitrogen and oxygen atoms in total. The molecule has 2 aromatic rings. The average molecular weight is 343 g/mol. The van der Waals surface area contributed by atoms with Crippen molar-refractivity contribution in [1.82, 2.24) is 15.1 Å². The first kappa shape index (κ1) is 19.2. The Labute approximate surface area is 150 Å². The van der Waals surface area contributed by atoms with E-state index in [9.17, 15) is 9.90 Å². The first-order valence-electron chi connectivity index (χ1n) is 8.87. The molecule has 1 atom stereocenters. The molecular weight excluding hydrogens is 314 g/mol. The van der Waals surface area contributed by atoms with Crippen LogP contribution in [0.4, 0.5) is 0 Å². The molecule has 1 unspecified atom stereocenters. The summed E-state index contributed by atoms with van der Waals surface area (Å²) in [6.45, 7) is 9.03. The molecule has 2 N–H and O–H groups in total. The predicted octanol–water partition coefficient (Wildman–Crippen LogP) is 2.42. The third-order valence-corrected chi connectivity index (χ3v) is 4.32. The molecule has 0 fully saturated rings. The minimum Gasteiger partial charge on any atom is -0.394 e. The SMILES string of the molecule is Cc1nn(CC(C)C)c(C)c1CC(=O)NC(CO)Cc1ccccc1. The average Bonchev–Trinajstić information content (AvgIpc) is 2.82. The van der Waals surface area contributed by atoms with E-state index in [1.807, 2.05) is 48.9 Å². The molecule has 2 rings (SSSR count). The number of hydrogen-bond acceptors (Lipinski definition) is 3. The van der Waals surface area contributed by atoms with Gasteiger partial charge >= 0.3 is 0 Å². The summed E-state index contributed by atoms with van der Waals surface area (Å²) in [5, 5.41) is 17.1. The summed E-state index contributed by atoms with van der Waals surface area (Å²) < 4.78 is 1.98. The standard InChI is InChI=1S/C20H29N3O2/c1-14(2)12-23-16(4)19(15(3)22-23)11-20(25)21-18(13-24)10-17-8-6-5-7-9-17/h5-9,14,18,24H,10-13H2,1-4H3,(H,21,25). The Morgan fingerprint density at radius 3 is 2.52 bits per heavy atom. The quantitative estimate of drug-likeness (QED) is 0.773. The van der Waals surface area contributed by atoms with Crippen LogP contribution in [0.3, 0.4) is 0 Å². The molecular formula is C20H29N3O2. The molecule has 5 heteroatoms. The van der Waals surface area contributed by atoms with E-state index in [4.69, 9.17) is 0 Å². The number of benzene rings is 1. The Morgan fingerprint density at radius 2 is 1.92 bits per heavy atom. The normalized spacial score (nSPS) is 12.4. The summed E-state index contributed by atoms with van der Waals surface area (Å²) in [6, 6.07) is 9.60. The highest BCUT2D eigenvalue weighted by Crippen LogP contribution is 2.15. The molecule has 0 saturated heterocycles. The van der Waals surface area contributed by atoms with E-state index >= 15 is 0 Å². The van der Waals surface area contributed by atoms with E-state index < -0.39 is 0 Å². The first-order chi connectivity index (χ1) is 11.9. The van der Waals surface area contributed by atoms with Gasteiger partial charge < -0.3 is 10.4 Å². The number of hydrogen-bond donors (Lipinski definition) is 2. The molecule has 0 bridgehead atoms. The Kier molecular flexibility index (Phi) is 6.76. The van der Waals surface area contributed by atoms with Crippen molar-refractivity contribution in [3.8, 4) is 0 Å². The molecule has 0 saturated carbocycles. The second kappa shape index (κ2) is 8.81. The van der Waals surface area contributed by atoms with Crippen LogP contribution in [0.15, 0.2) is 30.3 Å². The molecule has 1 amide bonds. The zero-order chi connectivity index (χ0) is 18.4. The van der Waals surface area contributed by atoms with E-state index in [1.165, 1.54) is 0 Å². The lowest BCUT2D eigenvalue weighted by Crippen LogP contribution is -2.40. The van der Waals surface area contributed by atoms with Crippen LogP contribution in [0.2, 0.25) is 0 Å². The van der Waals surface area contributed by atoms with Gasteiger partial charge in [0, 0.05) is 17.8 Å². The van der Waals surface area contributed by atoms with Gasteiger partial charge in [0.25, 0.3) is 0 Å². The number of carbonyl (C=O) groups is 1. The Balaban J connectivity index is 2.00. The number of carbonyl (C=O) groups excluding carboxylic acids is 1. The predicted molar refractivity (Wildman–Crippen MR) is 99.4 cm³/mol. The Bertz CT molecular complexity index is 692. The van der Waals surface area contributed by atoms with E-state index in [1.54, 1.807) is 0 Å². The van der Waals surface area contributed by atoms with Crippen LogP contribution >= 0.6 is 0 Å². The van der Waals surface area contributed by atoms with Gasteiger partial charge in [0.15, 0.2) is 0 Å². The zero-order valence-electron chi connectivity index (χ0n) is 15.6. The minimum absolute atomic E-state index is 0.0782. The summed E-state index contributed by atoms with van der Waals surface area (Å²) in [5.74, 6) is 0.426. The number of nitrogens with one attached hydrogen (secondary N) is 1. The molecule has 1 aromatic carbocycles. The minimum atomic E-state index is -0.277. The van der Waals surface area contributed by atoms with Crippen molar-refractivity contribution < 1.29 is 9.90 Å². The first-order valence-corrected chi connectivity index (χ1v) is 8.87.